The lowest BCUT2D eigenvalue weighted by atomic mass is 10.1. The first kappa shape index (κ1) is 20.0. The summed E-state index contributed by atoms with van der Waals surface area (Å²) in [4.78, 5) is 25.8. The fourth-order valence-electron chi connectivity index (χ4n) is 2.21. The molecule has 2 N–H and O–H groups in total. The maximum Gasteiger partial charge on any atom is 0.365 e. The lowest BCUT2D eigenvalue weighted by molar-refractivity contribution is 0.0727. The second-order valence-corrected chi connectivity index (χ2v) is 7.29. The number of anilines is 1. The molecule has 1 aromatic heterocycles. The molecule has 0 aliphatic rings. The van der Waals surface area contributed by atoms with Gasteiger partial charge in [-0.05, 0) is 60.0 Å². The van der Waals surface area contributed by atoms with E-state index in [1.165, 1.54) is 4.90 Å². The van der Waals surface area contributed by atoms with Gasteiger partial charge in [-0.1, -0.05) is 13.8 Å². The Morgan fingerprint density at radius 2 is 1.81 bits per heavy atom. The fraction of sp³-hybridized carbons (Fsp3) is 0.389. The molecule has 0 aliphatic heterocycles. The molecule has 0 fully saturated rings. The first-order valence-corrected chi connectivity index (χ1v) is 9.10. The van der Waals surface area contributed by atoms with Crippen molar-refractivity contribution in [3.63, 3.8) is 0 Å². The molecule has 2 aromatic rings. The average Bonchev–Trinajstić information content (AvgIpc) is 2.96. The number of carbonyl (C=O) groups excluding carboxylic acids is 2. The van der Waals surface area contributed by atoms with E-state index in [4.69, 9.17) is 4.74 Å². The first-order chi connectivity index (χ1) is 12.2. The Morgan fingerprint density at radius 3 is 2.31 bits per heavy atom. The van der Waals surface area contributed by atoms with Gasteiger partial charge in [0, 0.05) is 18.8 Å². The molecule has 2 rings (SSSR count). The monoisotopic (exact) mass is 422 g/mol. The molecule has 0 bridgehead atoms. The van der Waals surface area contributed by atoms with Crippen LogP contribution in [0.2, 0.25) is 0 Å². The topological polar surface area (TPSA) is 87.3 Å². The zero-order valence-corrected chi connectivity index (χ0v) is 17.0. The summed E-state index contributed by atoms with van der Waals surface area (Å²) < 4.78 is 5.97. The number of aromatic amines is 1. The molecule has 1 aromatic carbocycles. The highest BCUT2D eigenvalue weighted by Gasteiger charge is 2.21. The third-order valence-corrected chi connectivity index (χ3v) is 4.46. The van der Waals surface area contributed by atoms with Crippen molar-refractivity contribution < 1.29 is 14.3 Å². The molecule has 1 heterocycles. The maximum atomic E-state index is 12.3. The van der Waals surface area contributed by atoms with Gasteiger partial charge in [0.25, 0.3) is 0 Å². The number of carbonyl (C=O) groups is 2. The van der Waals surface area contributed by atoms with Gasteiger partial charge in [0.1, 0.15) is 5.75 Å². The van der Waals surface area contributed by atoms with E-state index in [1.54, 1.807) is 31.3 Å². The van der Waals surface area contributed by atoms with Gasteiger partial charge in [0.15, 0.2) is 5.69 Å². The first-order valence-electron chi connectivity index (χ1n) is 8.31. The van der Waals surface area contributed by atoms with Crippen molar-refractivity contribution in [2.45, 2.75) is 39.7 Å². The zero-order chi connectivity index (χ0) is 19.4. The van der Waals surface area contributed by atoms with Gasteiger partial charge in [-0.2, -0.15) is 5.10 Å². The van der Waals surface area contributed by atoms with Crippen molar-refractivity contribution in [3.8, 4) is 5.75 Å². The Bertz CT molecular complexity index is 784. The van der Waals surface area contributed by atoms with Gasteiger partial charge in [-0.25, -0.2) is 9.59 Å². The van der Waals surface area contributed by atoms with Crippen LogP contribution in [0, 0.1) is 0 Å². The number of halogens is 1. The molecular weight excluding hydrogens is 400 g/mol. The van der Waals surface area contributed by atoms with E-state index in [2.05, 4.69) is 31.4 Å². The van der Waals surface area contributed by atoms with E-state index < -0.39 is 5.97 Å². The molecule has 140 valence electrons. The summed E-state index contributed by atoms with van der Waals surface area (Å²) in [7, 11) is 1.67. The molecule has 7 nitrogen and oxygen atoms in total. The Balaban J connectivity index is 2.07. The van der Waals surface area contributed by atoms with Crippen LogP contribution in [0.3, 0.4) is 0 Å². The number of esters is 1. The van der Waals surface area contributed by atoms with Crippen LogP contribution >= 0.6 is 15.9 Å². The van der Waals surface area contributed by atoms with Crippen LogP contribution in [0.4, 0.5) is 10.5 Å². The van der Waals surface area contributed by atoms with E-state index in [0.29, 0.717) is 15.9 Å². The van der Waals surface area contributed by atoms with Crippen molar-refractivity contribution in [2.24, 2.45) is 0 Å². The Kier molecular flexibility index (Phi) is 6.42. The summed E-state index contributed by atoms with van der Waals surface area (Å²) >= 11 is 3.39. The van der Waals surface area contributed by atoms with Gasteiger partial charge >= 0.3 is 12.0 Å². The Hall–Kier alpha value is -2.35. The minimum Gasteiger partial charge on any atom is -0.422 e. The maximum absolute atomic E-state index is 12.3. The molecule has 0 saturated carbocycles. The summed E-state index contributed by atoms with van der Waals surface area (Å²) in [5.74, 6) is 0.0151. The van der Waals surface area contributed by atoms with Gasteiger partial charge in [0.05, 0.1) is 10.2 Å². The number of nitrogens with one attached hydrogen (secondary N) is 2. The number of benzene rings is 1. The number of hydrogen-bond acceptors (Lipinski definition) is 4. The van der Waals surface area contributed by atoms with Crippen LogP contribution < -0.4 is 15.0 Å². The Morgan fingerprint density at radius 1 is 1.19 bits per heavy atom. The number of ether oxygens (including phenoxy) is 1. The van der Waals surface area contributed by atoms with Crippen LogP contribution in [0.25, 0.3) is 0 Å². The third kappa shape index (κ3) is 4.63. The normalized spacial score (nSPS) is 10.9. The number of nitrogens with zero attached hydrogens (tertiary/aromatic N) is 2. The summed E-state index contributed by atoms with van der Waals surface area (Å²) in [6.07, 6.45) is 0. The zero-order valence-electron chi connectivity index (χ0n) is 15.5. The van der Waals surface area contributed by atoms with Crippen LogP contribution in [0.5, 0.6) is 5.75 Å². The largest absolute Gasteiger partial charge is 0.422 e. The molecule has 8 heteroatoms. The molecule has 0 aliphatic carbocycles. The standard InChI is InChI=1S/C18H23BrN4O3/c1-10(2)15-14(19)16(22-21-15)17(24)26-13-8-6-12(7-9-13)23(5)18(25)20-11(3)4/h6-11H,1-5H3,(H,20,25)(H,21,22). The van der Waals surface area contributed by atoms with Crippen molar-refractivity contribution in [3.05, 3.63) is 40.1 Å². The fourth-order valence-corrected chi connectivity index (χ4v) is 3.01. The molecule has 26 heavy (non-hydrogen) atoms. The predicted octanol–water partition coefficient (Wildman–Crippen LogP) is 4.07. The number of urea groups is 1. The number of aromatic nitrogens is 2. The molecule has 0 radical (unpaired) electrons. The SMILES string of the molecule is CC(C)NC(=O)N(C)c1ccc(OC(=O)c2n[nH]c(C(C)C)c2Br)cc1. The highest BCUT2D eigenvalue weighted by atomic mass is 79.9. The number of amides is 2. The van der Waals surface area contributed by atoms with Gasteiger partial charge in [0.2, 0.25) is 0 Å². The lowest BCUT2D eigenvalue weighted by Crippen LogP contribution is -2.40. The summed E-state index contributed by atoms with van der Waals surface area (Å²) in [6, 6.07) is 6.54. The lowest BCUT2D eigenvalue weighted by Gasteiger charge is -2.19. The number of H-pyrrole nitrogens is 1. The minimum absolute atomic E-state index is 0.0493. The molecule has 0 unspecified atom stereocenters. The Labute approximate surface area is 161 Å². The van der Waals surface area contributed by atoms with Gasteiger partial charge < -0.3 is 10.1 Å². The molecular formula is C18H23BrN4O3. The van der Waals surface area contributed by atoms with Crippen molar-refractivity contribution in [2.75, 3.05) is 11.9 Å². The summed E-state index contributed by atoms with van der Waals surface area (Å²) in [5, 5.41) is 9.68. The second kappa shape index (κ2) is 8.35. The number of rotatable bonds is 5. The van der Waals surface area contributed by atoms with Gasteiger partial charge in [-0.3, -0.25) is 10.00 Å². The minimum atomic E-state index is -0.557. The summed E-state index contributed by atoms with van der Waals surface area (Å²) in [6.45, 7) is 7.79. The van der Waals surface area contributed by atoms with Crippen molar-refractivity contribution in [1.82, 2.24) is 15.5 Å². The van der Waals surface area contributed by atoms with Crippen LogP contribution in [0.1, 0.15) is 49.8 Å². The van der Waals surface area contributed by atoms with Crippen LogP contribution in [-0.2, 0) is 0 Å². The van der Waals surface area contributed by atoms with Crippen LogP contribution in [-0.4, -0.2) is 35.3 Å². The molecule has 0 atom stereocenters. The van der Waals surface area contributed by atoms with Crippen molar-refractivity contribution in [1.29, 1.82) is 0 Å². The number of hydrogen-bond donors (Lipinski definition) is 2. The molecule has 0 saturated heterocycles. The van der Waals surface area contributed by atoms with Gasteiger partial charge in [-0.15, -0.1) is 0 Å². The predicted molar refractivity (Wildman–Crippen MR) is 104 cm³/mol. The summed E-state index contributed by atoms with van der Waals surface area (Å²) in [5.41, 5.74) is 1.72. The second-order valence-electron chi connectivity index (χ2n) is 6.50. The molecule has 0 spiro atoms. The van der Waals surface area contributed by atoms with E-state index >= 15 is 0 Å². The quantitative estimate of drug-likeness (QED) is 0.561. The molecule has 2 amide bonds. The van der Waals surface area contributed by atoms with Crippen molar-refractivity contribution >= 4 is 33.6 Å². The smallest absolute Gasteiger partial charge is 0.365 e. The van der Waals surface area contributed by atoms with E-state index in [1.807, 2.05) is 27.7 Å². The third-order valence-electron chi connectivity index (χ3n) is 3.65. The van der Waals surface area contributed by atoms with E-state index in [0.717, 1.165) is 5.69 Å². The van der Waals surface area contributed by atoms with E-state index in [9.17, 15) is 9.59 Å². The average molecular weight is 423 g/mol. The van der Waals surface area contributed by atoms with Crippen LogP contribution in [0.15, 0.2) is 28.7 Å². The highest BCUT2D eigenvalue weighted by Crippen LogP contribution is 2.27. The highest BCUT2D eigenvalue weighted by molar-refractivity contribution is 9.10. The van der Waals surface area contributed by atoms with E-state index in [-0.39, 0.29) is 23.7 Å².